The lowest BCUT2D eigenvalue weighted by Crippen LogP contribution is -2.24. The van der Waals surface area contributed by atoms with Crippen molar-refractivity contribution in [3.05, 3.63) is 24.8 Å². The zero-order valence-corrected chi connectivity index (χ0v) is 16.6. The normalized spacial score (nSPS) is 11.1. The SMILES string of the molecule is C=CC(=O)NCOCCCCCCCC/C=C\CCCCCCCC. The molecule has 0 atom stereocenters. The molecule has 3 heteroatoms. The quantitative estimate of drug-likeness (QED) is 0.128. The average Bonchev–Trinajstić information content (AvgIpc) is 2.63. The van der Waals surface area contributed by atoms with Gasteiger partial charge in [0.25, 0.3) is 0 Å². The first-order valence-electron chi connectivity index (χ1n) is 10.4. The number of hydrogen-bond donors (Lipinski definition) is 1. The first kappa shape index (κ1) is 23.9. The number of amides is 1. The summed E-state index contributed by atoms with van der Waals surface area (Å²) in [7, 11) is 0. The molecule has 0 fully saturated rings. The van der Waals surface area contributed by atoms with Crippen molar-refractivity contribution in [1.82, 2.24) is 5.32 Å². The van der Waals surface area contributed by atoms with Gasteiger partial charge in [0, 0.05) is 6.61 Å². The Bertz CT molecular complexity index is 326. The number of rotatable bonds is 19. The zero-order valence-electron chi connectivity index (χ0n) is 16.6. The number of nitrogens with one attached hydrogen (secondary N) is 1. The fourth-order valence-electron chi connectivity index (χ4n) is 2.72. The molecule has 0 unspecified atom stereocenters. The van der Waals surface area contributed by atoms with E-state index in [0.717, 1.165) is 13.0 Å². The highest BCUT2D eigenvalue weighted by molar-refractivity contribution is 5.86. The maximum Gasteiger partial charge on any atom is 0.245 e. The van der Waals surface area contributed by atoms with Gasteiger partial charge in [-0.25, -0.2) is 0 Å². The third kappa shape index (κ3) is 20.9. The summed E-state index contributed by atoms with van der Waals surface area (Å²) in [6.07, 6.45) is 24.4. The molecule has 0 radical (unpaired) electrons. The fourth-order valence-corrected chi connectivity index (χ4v) is 2.72. The van der Waals surface area contributed by atoms with Crippen LogP contribution in [0.5, 0.6) is 0 Å². The molecule has 0 heterocycles. The summed E-state index contributed by atoms with van der Waals surface area (Å²) in [5, 5.41) is 2.60. The molecule has 0 rings (SSSR count). The van der Waals surface area contributed by atoms with Crippen molar-refractivity contribution in [2.45, 2.75) is 96.8 Å². The minimum atomic E-state index is -0.180. The second kappa shape index (κ2) is 21.0. The smallest absolute Gasteiger partial charge is 0.245 e. The molecule has 0 aromatic heterocycles. The molecule has 0 saturated carbocycles. The van der Waals surface area contributed by atoms with Gasteiger partial charge in [-0.1, -0.05) is 83.4 Å². The number of unbranched alkanes of at least 4 members (excludes halogenated alkanes) is 12. The number of carbonyl (C=O) groups is 1. The van der Waals surface area contributed by atoms with E-state index >= 15 is 0 Å². The van der Waals surface area contributed by atoms with Gasteiger partial charge in [0.1, 0.15) is 6.73 Å². The van der Waals surface area contributed by atoms with Crippen molar-refractivity contribution in [2.75, 3.05) is 13.3 Å². The number of ether oxygens (including phenoxy) is 1. The van der Waals surface area contributed by atoms with Gasteiger partial charge in [0.15, 0.2) is 0 Å². The second-order valence-corrected chi connectivity index (χ2v) is 6.74. The number of carbonyl (C=O) groups excluding carboxylic acids is 1. The van der Waals surface area contributed by atoms with Crippen molar-refractivity contribution in [1.29, 1.82) is 0 Å². The van der Waals surface area contributed by atoms with E-state index < -0.39 is 0 Å². The summed E-state index contributed by atoms with van der Waals surface area (Å²) in [4.78, 5) is 10.9. The Labute approximate surface area is 156 Å². The van der Waals surface area contributed by atoms with Crippen LogP contribution in [0.1, 0.15) is 96.8 Å². The Morgan fingerprint density at radius 3 is 1.92 bits per heavy atom. The summed E-state index contributed by atoms with van der Waals surface area (Å²) >= 11 is 0. The van der Waals surface area contributed by atoms with Crippen molar-refractivity contribution in [3.8, 4) is 0 Å². The highest BCUT2D eigenvalue weighted by atomic mass is 16.5. The number of hydrogen-bond acceptors (Lipinski definition) is 2. The maximum atomic E-state index is 10.9. The van der Waals surface area contributed by atoms with Gasteiger partial charge in [-0.3, -0.25) is 4.79 Å². The first-order chi connectivity index (χ1) is 12.3. The van der Waals surface area contributed by atoms with Gasteiger partial charge in [0.05, 0.1) is 0 Å². The fraction of sp³-hybridized carbons (Fsp3) is 0.773. The van der Waals surface area contributed by atoms with E-state index in [9.17, 15) is 4.79 Å². The Morgan fingerprint density at radius 1 is 0.840 bits per heavy atom. The molecule has 0 saturated heterocycles. The molecule has 1 N–H and O–H groups in total. The molecule has 1 amide bonds. The molecule has 25 heavy (non-hydrogen) atoms. The number of allylic oxidation sites excluding steroid dienone is 2. The molecule has 0 bridgehead atoms. The predicted octanol–water partition coefficient (Wildman–Crippen LogP) is 6.30. The lowest BCUT2D eigenvalue weighted by molar-refractivity contribution is -0.118. The van der Waals surface area contributed by atoms with Crippen molar-refractivity contribution in [3.63, 3.8) is 0 Å². The van der Waals surface area contributed by atoms with Crippen LogP contribution < -0.4 is 5.32 Å². The Balaban J connectivity index is 3.10. The van der Waals surface area contributed by atoms with E-state index in [1.807, 2.05) is 0 Å². The van der Waals surface area contributed by atoms with E-state index in [2.05, 4.69) is 31.0 Å². The summed E-state index contributed by atoms with van der Waals surface area (Å²) in [6.45, 7) is 6.67. The summed E-state index contributed by atoms with van der Waals surface area (Å²) in [5.41, 5.74) is 0. The molecule has 0 aliphatic rings. The van der Waals surface area contributed by atoms with E-state index in [4.69, 9.17) is 4.74 Å². The van der Waals surface area contributed by atoms with Crippen LogP contribution in [0.3, 0.4) is 0 Å². The second-order valence-electron chi connectivity index (χ2n) is 6.74. The minimum Gasteiger partial charge on any atom is -0.361 e. The molecule has 0 aliphatic carbocycles. The van der Waals surface area contributed by atoms with E-state index in [0.29, 0.717) is 0 Å². The average molecular weight is 352 g/mol. The lowest BCUT2D eigenvalue weighted by Gasteiger charge is -2.04. The highest BCUT2D eigenvalue weighted by Gasteiger charge is 1.94. The zero-order chi connectivity index (χ0) is 18.4. The Kier molecular flexibility index (Phi) is 20.0. The third-order valence-corrected chi connectivity index (χ3v) is 4.33. The molecule has 0 aliphatic heterocycles. The van der Waals surface area contributed by atoms with Gasteiger partial charge in [-0.2, -0.15) is 0 Å². The summed E-state index contributed by atoms with van der Waals surface area (Å²) < 4.78 is 5.34. The van der Waals surface area contributed by atoms with Crippen LogP contribution in [0.2, 0.25) is 0 Å². The third-order valence-electron chi connectivity index (χ3n) is 4.33. The Hall–Kier alpha value is -1.09. The van der Waals surface area contributed by atoms with E-state index in [1.54, 1.807) is 0 Å². The molecule has 3 nitrogen and oxygen atoms in total. The van der Waals surface area contributed by atoms with Crippen molar-refractivity contribution < 1.29 is 9.53 Å². The van der Waals surface area contributed by atoms with Crippen LogP contribution in [0.4, 0.5) is 0 Å². The van der Waals surface area contributed by atoms with Crippen LogP contribution >= 0.6 is 0 Å². The van der Waals surface area contributed by atoms with Gasteiger partial charge in [-0.05, 0) is 38.2 Å². The van der Waals surface area contributed by atoms with Crippen LogP contribution in [0.25, 0.3) is 0 Å². The van der Waals surface area contributed by atoms with Crippen LogP contribution in [-0.4, -0.2) is 19.2 Å². The van der Waals surface area contributed by atoms with Gasteiger partial charge in [-0.15, -0.1) is 0 Å². The minimum absolute atomic E-state index is 0.180. The molecular formula is C22H41NO2. The highest BCUT2D eigenvalue weighted by Crippen LogP contribution is 2.09. The summed E-state index contributed by atoms with van der Waals surface area (Å²) in [6, 6.07) is 0. The predicted molar refractivity (Wildman–Crippen MR) is 109 cm³/mol. The van der Waals surface area contributed by atoms with Crippen molar-refractivity contribution in [2.24, 2.45) is 0 Å². The van der Waals surface area contributed by atoms with E-state index in [1.165, 1.54) is 89.5 Å². The molecule has 0 aromatic rings. The summed E-state index contributed by atoms with van der Waals surface area (Å²) in [5.74, 6) is -0.180. The first-order valence-corrected chi connectivity index (χ1v) is 10.4. The van der Waals surface area contributed by atoms with Crippen LogP contribution in [0, 0.1) is 0 Å². The topological polar surface area (TPSA) is 38.3 Å². The molecule has 0 aromatic carbocycles. The molecular weight excluding hydrogens is 310 g/mol. The van der Waals surface area contributed by atoms with Gasteiger partial charge >= 0.3 is 0 Å². The largest absolute Gasteiger partial charge is 0.361 e. The lowest BCUT2D eigenvalue weighted by atomic mass is 10.1. The van der Waals surface area contributed by atoms with Gasteiger partial charge in [0.2, 0.25) is 5.91 Å². The van der Waals surface area contributed by atoms with Crippen molar-refractivity contribution >= 4 is 5.91 Å². The standard InChI is InChI=1S/C22H41NO2/c1-3-5-6-7-8-9-10-11-12-13-14-15-16-17-18-19-20-25-21-23-22(24)4-2/h4,11-12H,2-3,5-10,13-21H2,1H3,(H,23,24)/b12-11-. The maximum absolute atomic E-state index is 10.9. The van der Waals surface area contributed by atoms with Crippen LogP contribution in [-0.2, 0) is 9.53 Å². The molecule has 0 spiro atoms. The molecule has 146 valence electrons. The monoisotopic (exact) mass is 351 g/mol. The van der Waals surface area contributed by atoms with Crippen LogP contribution in [0.15, 0.2) is 24.8 Å². The Morgan fingerprint density at radius 2 is 1.36 bits per heavy atom. The van der Waals surface area contributed by atoms with E-state index in [-0.39, 0.29) is 12.6 Å². The van der Waals surface area contributed by atoms with Gasteiger partial charge < -0.3 is 10.1 Å².